The Hall–Kier alpha value is -2.33. The lowest BCUT2D eigenvalue weighted by Crippen LogP contribution is -1.97. The van der Waals surface area contributed by atoms with Gasteiger partial charge < -0.3 is 16.0 Å². The number of para-hydroxylation sites is 2. The molecule has 3 aromatic rings. The Bertz CT molecular complexity index is 622. The number of imidazole rings is 1. The predicted octanol–water partition coefficient (Wildman–Crippen LogP) is 2.77. The largest absolute Gasteiger partial charge is 0.326 e. The Kier molecular flexibility index (Phi) is 2.70. The third-order valence-corrected chi connectivity index (χ3v) is 2.84. The minimum absolute atomic E-state index is 0.560. The first-order chi connectivity index (χ1) is 8.85. The van der Waals surface area contributed by atoms with Crippen LogP contribution < -0.4 is 11.1 Å². The number of nitrogens with zero attached hydrogens (tertiary/aromatic N) is 1. The van der Waals surface area contributed by atoms with Crippen molar-refractivity contribution in [1.29, 1.82) is 0 Å². The van der Waals surface area contributed by atoms with Crippen molar-refractivity contribution >= 4 is 22.7 Å². The summed E-state index contributed by atoms with van der Waals surface area (Å²) < 4.78 is 0. The minimum Gasteiger partial charge on any atom is -0.326 e. The standard InChI is InChI=1S/C14H14N4/c15-9-10-5-7-11(8-6-10)16-14-17-12-3-1-2-4-13(12)18-14/h1-8H,9,15H2,(H2,16,17,18). The van der Waals surface area contributed by atoms with Crippen LogP contribution in [0.4, 0.5) is 11.6 Å². The van der Waals surface area contributed by atoms with E-state index in [0.29, 0.717) is 6.54 Å². The quantitative estimate of drug-likeness (QED) is 0.657. The first-order valence-electron chi connectivity index (χ1n) is 5.86. The van der Waals surface area contributed by atoms with E-state index >= 15 is 0 Å². The van der Waals surface area contributed by atoms with Crippen LogP contribution >= 0.6 is 0 Å². The second-order valence-electron chi connectivity index (χ2n) is 4.13. The van der Waals surface area contributed by atoms with Crippen molar-refractivity contribution in [2.75, 3.05) is 5.32 Å². The zero-order chi connectivity index (χ0) is 12.4. The van der Waals surface area contributed by atoms with Crippen LogP contribution in [0.5, 0.6) is 0 Å². The number of aromatic nitrogens is 2. The maximum Gasteiger partial charge on any atom is 0.205 e. The van der Waals surface area contributed by atoms with Crippen molar-refractivity contribution in [2.24, 2.45) is 5.73 Å². The maximum atomic E-state index is 5.56. The SMILES string of the molecule is NCc1ccc(Nc2nc3ccccc3[nH]2)cc1. The summed E-state index contributed by atoms with van der Waals surface area (Å²) in [6.45, 7) is 0.560. The molecule has 18 heavy (non-hydrogen) atoms. The molecule has 4 heteroatoms. The Morgan fingerprint density at radius 3 is 2.56 bits per heavy atom. The molecule has 4 nitrogen and oxygen atoms in total. The highest BCUT2D eigenvalue weighted by atomic mass is 15.1. The summed E-state index contributed by atoms with van der Waals surface area (Å²) in [6.07, 6.45) is 0. The van der Waals surface area contributed by atoms with Gasteiger partial charge in [0, 0.05) is 12.2 Å². The van der Waals surface area contributed by atoms with Crippen LogP contribution in [-0.4, -0.2) is 9.97 Å². The van der Waals surface area contributed by atoms with Crippen LogP contribution in [0.25, 0.3) is 11.0 Å². The number of hydrogen-bond donors (Lipinski definition) is 3. The molecule has 0 amide bonds. The van der Waals surface area contributed by atoms with Gasteiger partial charge in [0.05, 0.1) is 11.0 Å². The van der Waals surface area contributed by atoms with Crippen molar-refractivity contribution in [3.8, 4) is 0 Å². The van der Waals surface area contributed by atoms with E-state index < -0.39 is 0 Å². The van der Waals surface area contributed by atoms with Gasteiger partial charge in [0.15, 0.2) is 0 Å². The monoisotopic (exact) mass is 238 g/mol. The molecule has 0 saturated heterocycles. The van der Waals surface area contributed by atoms with Gasteiger partial charge in [-0.25, -0.2) is 4.98 Å². The van der Waals surface area contributed by atoms with Crippen LogP contribution in [0.2, 0.25) is 0 Å². The van der Waals surface area contributed by atoms with E-state index in [0.717, 1.165) is 28.2 Å². The lowest BCUT2D eigenvalue weighted by Gasteiger charge is -2.03. The van der Waals surface area contributed by atoms with Crippen LogP contribution in [0.15, 0.2) is 48.5 Å². The third kappa shape index (κ3) is 2.06. The molecule has 0 aliphatic rings. The molecule has 0 spiro atoms. The molecule has 0 saturated carbocycles. The van der Waals surface area contributed by atoms with Crippen molar-refractivity contribution in [3.63, 3.8) is 0 Å². The summed E-state index contributed by atoms with van der Waals surface area (Å²) in [7, 11) is 0. The summed E-state index contributed by atoms with van der Waals surface area (Å²) >= 11 is 0. The van der Waals surface area contributed by atoms with Crippen LogP contribution in [0, 0.1) is 0 Å². The second kappa shape index (κ2) is 4.50. The predicted molar refractivity (Wildman–Crippen MR) is 73.7 cm³/mol. The highest BCUT2D eigenvalue weighted by molar-refractivity contribution is 5.78. The van der Waals surface area contributed by atoms with E-state index in [1.54, 1.807) is 0 Å². The van der Waals surface area contributed by atoms with Gasteiger partial charge in [0.25, 0.3) is 0 Å². The number of anilines is 2. The van der Waals surface area contributed by atoms with E-state index in [9.17, 15) is 0 Å². The van der Waals surface area contributed by atoms with Crippen molar-refractivity contribution in [1.82, 2.24) is 9.97 Å². The molecule has 0 unspecified atom stereocenters. The van der Waals surface area contributed by atoms with Gasteiger partial charge in [-0.1, -0.05) is 24.3 Å². The van der Waals surface area contributed by atoms with E-state index in [4.69, 9.17) is 5.73 Å². The Morgan fingerprint density at radius 1 is 1.06 bits per heavy atom. The normalized spacial score (nSPS) is 10.7. The van der Waals surface area contributed by atoms with Gasteiger partial charge in [-0.3, -0.25) is 0 Å². The lowest BCUT2D eigenvalue weighted by atomic mass is 10.2. The van der Waals surface area contributed by atoms with E-state index in [1.807, 2.05) is 48.5 Å². The summed E-state index contributed by atoms with van der Waals surface area (Å²) in [5.41, 5.74) is 9.66. The number of nitrogens with two attached hydrogens (primary N) is 1. The molecule has 0 aliphatic carbocycles. The Morgan fingerprint density at radius 2 is 1.83 bits per heavy atom. The number of hydrogen-bond acceptors (Lipinski definition) is 3. The number of fused-ring (bicyclic) bond motifs is 1. The summed E-state index contributed by atoms with van der Waals surface area (Å²) in [6, 6.07) is 15.9. The first kappa shape index (κ1) is 10.8. The Labute approximate surface area is 105 Å². The zero-order valence-electron chi connectivity index (χ0n) is 9.85. The van der Waals surface area contributed by atoms with Crippen LogP contribution in [0.3, 0.4) is 0 Å². The second-order valence-corrected chi connectivity index (χ2v) is 4.13. The fraction of sp³-hybridized carbons (Fsp3) is 0.0714. The number of rotatable bonds is 3. The molecule has 0 bridgehead atoms. The molecule has 0 fully saturated rings. The number of nitrogens with one attached hydrogen (secondary N) is 2. The molecule has 0 radical (unpaired) electrons. The molecule has 1 aromatic heterocycles. The van der Waals surface area contributed by atoms with Crippen LogP contribution in [0.1, 0.15) is 5.56 Å². The molecule has 2 aromatic carbocycles. The van der Waals surface area contributed by atoms with Crippen molar-refractivity contribution < 1.29 is 0 Å². The van der Waals surface area contributed by atoms with E-state index in [1.165, 1.54) is 0 Å². The van der Waals surface area contributed by atoms with Gasteiger partial charge in [0.2, 0.25) is 5.95 Å². The smallest absolute Gasteiger partial charge is 0.205 e. The fourth-order valence-corrected chi connectivity index (χ4v) is 1.87. The lowest BCUT2D eigenvalue weighted by molar-refractivity contribution is 1.07. The number of H-pyrrole nitrogens is 1. The van der Waals surface area contributed by atoms with Crippen molar-refractivity contribution in [3.05, 3.63) is 54.1 Å². The summed E-state index contributed by atoms with van der Waals surface area (Å²) in [4.78, 5) is 7.68. The van der Waals surface area contributed by atoms with Crippen molar-refractivity contribution in [2.45, 2.75) is 6.54 Å². The molecular weight excluding hydrogens is 224 g/mol. The minimum atomic E-state index is 0.560. The molecule has 0 atom stereocenters. The highest BCUT2D eigenvalue weighted by Crippen LogP contribution is 2.18. The van der Waals surface area contributed by atoms with Gasteiger partial charge in [-0.15, -0.1) is 0 Å². The van der Waals surface area contributed by atoms with Gasteiger partial charge in [-0.2, -0.15) is 0 Å². The molecule has 90 valence electrons. The fourth-order valence-electron chi connectivity index (χ4n) is 1.87. The number of benzene rings is 2. The topological polar surface area (TPSA) is 66.7 Å². The van der Waals surface area contributed by atoms with E-state index in [2.05, 4.69) is 15.3 Å². The van der Waals surface area contributed by atoms with E-state index in [-0.39, 0.29) is 0 Å². The zero-order valence-corrected chi connectivity index (χ0v) is 9.85. The van der Waals surface area contributed by atoms with Gasteiger partial charge in [0.1, 0.15) is 0 Å². The molecule has 4 N–H and O–H groups in total. The highest BCUT2D eigenvalue weighted by Gasteiger charge is 2.01. The third-order valence-electron chi connectivity index (χ3n) is 2.84. The first-order valence-corrected chi connectivity index (χ1v) is 5.86. The molecule has 1 heterocycles. The molecule has 3 rings (SSSR count). The molecular formula is C14H14N4. The maximum absolute atomic E-state index is 5.56. The summed E-state index contributed by atoms with van der Waals surface area (Å²) in [5.74, 6) is 0.747. The van der Waals surface area contributed by atoms with Crippen LogP contribution in [-0.2, 0) is 6.54 Å². The summed E-state index contributed by atoms with van der Waals surface area (Å²) in [5, 5.41) is 3.24. The Balaban J connectivity index is 1.86. The molecule has 0 aliphatic heterocycles. The van der Waals surface area contributed by atoms with Gasteiger partial charge in [-0.05, 0) is 29.8 Å². The van der Waals surface area contributed by atoms with Gasteiger partial charge >= 0.3 is 0 Å². The number of aromatic amines is 1. The average molecular weight is 238 g/mol. The average Bonchev–Trinajstić information content (AvgIpc) is 2.82.